The van der Waals surface area contributed by atoms with Crippen LogP contribution in [0.3, 0.4) is 0 Å². The Kier molecular flexibility index (Phi) is 11.7. The molecule has 0 radical (unpaired) electrons. The third-order valence-electron chi connectivity index (χ3n) is 4.65. The van der Waals surface area contributed by atoms with Gasteiger partial charge in [-0.2, -0.15) is 0 Å². The van der Waals surface area contributed by atoms with Gasteiger partial charge in [-0.25, -0.2) is 0 Å². The summed E-state index contributed by atoms with van der Waals surface area (Å²) in [6, 6.07) is 0. The van der Waals surface area contributed by atoms with Gasteiger partial charge in [0.05, 0.1) is 0 Å². The average molecular weight is 491 g/mol. The van der Waals surface area contributed by atoms with E-state index in [1.54, 1.807) is 2.89 Å². The van der Waals surface area contributed by atoms with Crippen LogP contribution in [0.15, 0.2) is 6.20 Å². The van der Waals surface area contributed by atoms with Gasteiger partial charge in [-0.05, 0) is 0 Å². The molecule has 0 unspecified atom stereocenters. The normalized spacial score (nSPS) is 12.5. The molecule has 26 heavy (non-hydrogen) atoms. The molecule has 0 aliphatic carbocycles. The van der Waals surface area contributed by atoms with E-state index in [9.17, 15) is 0 Å². The molecule has 0 aliphatic heterocycles. The molecular weight excluding hydrogens is 451 g/mol. The van der Waals surface area contributed by atoms with Crippen LogP contribution < -0.4 is 8.21 Å². The summed E-state index contributed by atoms with van der Waals surface area (Å²) in [6.07, 6.45) is 10.2. The van der Waals surface area contributed by atoms with Crippen molar-refractivity contribution in [1.82, 2.24) is 4.98 Å². The Morgan fingerprint density at radius 3 is 2.00 bits per heavy atom. The Bertz CT molecular complexity index is 467. The van der Waals surface area contributed by atoms with Crippen LogP contribution in [-0.4, -0.2) is 35.7 Å². The molecule has 4 nitrogen and oxygen atoms in total. The number of hydrogen-bond acceptors (Lipinski definition) is 5. The summed E-state index contributed by atoms with van der Waals surface area (Å²) in [5, 5.41) is 4.25. The number of aromatic nitrogens is 1. The number of nitrogens with zero attached hydrogens (tertiary/aromatic N) is 1. The molecule has 6 heteroatoms. The summed E-state index contributed by atoms with van der Waals surface area (Å²) in [7, 11) is 0. The molecule has 0 bridgehead atoms. The molecule has 1 aromatic heterocycles. The maximum absolute atomic E-state index is 5.31. The van der Waals surface area contributed by atoms with E-state index in [1.807, 2.05) is 32.1 Å². The van der Waals surface area contributed by atoms with Crippen LogP contribution in [0.4, 0.5) is 5.13 Å². The summed E-state index contributed by atoms with van der Waals surface area (Å²) in [5.41, 5.74) is -0.290. The Balaban J connectivity index is 2.80. The van der Waals surface area contributed by atoms with Gasteiger partial charge in [0.1, 0.15) is 0 Å². The molecule has 1 aromatic rings. The van der Waals surface area contributed by atoms with Crippen LogP contribution in [0.1, 0.15) is 80.1 Å². The number of thiazole rings is 1. The summed E-state index contributed by atoms with van der Waals surface area (Å²) < 4.78 is 6.09. The van der Waals surface area contributed by atoms with Crippen LogP contribution in [0.5, 0.6) is 0 Å². The molecule has 0 aliphatic rings. The van der Waals surface area contributed by atoms with E-state index in [-0.39, 0.29) is 5.60 Å². The van der Waals surface area contributed by atoms with Gasteiger partial charge in [0, 0.05) is 0 Å². The third-order valence-corrected chi connectivity index (χ3v) is 23.8. The summed E-state index contributed by atoms with van der Waals surface area (Å²) >= 11 is -0.454. The Hall–Kier alpha value is 0.149. The zero-order valence-electron chi connectivity index (χ0n) is 17.8. The zero-order chi connectivity index (χ0) is 19.5. The molecule has 0 aromatic carbocycles. The Morgan fingerprint density at radius 1 is 1.00 bits per heavy atom. The van der Waals surface area contributed by atoms with E-state index in [1.165, 1.54) is 51.8 Å². The quantitative estimate of drug-likeness (QED) is 0.109. The van der Waals surface area contributed by atoms with Crippen molar-refractivity contribution in [2.45, 2.75) is 99.0 Å². The van der Waals surface area contributed by atoms with Crippen molar-refractivity contribution in [3.05, 3.63) is 6.20 Å². The monoisotopic (exact) mass is 492 g/mol. The summed E-state index contributed by atoms with van der Waals surface area (Å²) in [4.78, 5) is 15.2. The first-order valence-electron chi connectivity index (χ1n) is 10.4. The molecule has 0 saturated carbocycles. The molecule has 0 fully saturated rings. The topological polar surface area (TPSA) is 43.4 Å². The van der Waals surface area contributed by atoms with Crippen LogP contribution in [0.2, 0.25) is 13.3 Å². The van der Waals surface area contributed by atoms with E-state index >= 15 is 0 Å². The molecule has 152 valence electrons. The van der Waals surface area contributed by atoms with E-state index in [0.717, 1.165) is 5.13 Å². The standard InChI is InChI=1S/C8H13N2O2S.3C4H9.Sn/c1-8(2,3)12-11-6-10-7-9-4-5-13-7;3*1-3-4-2;/h4H,6H2,1-3H3,(H,9,10);3*1,3-4H2,2H3;. The number of rotatable bonds is 14. The van der Waals surface area contributed by atoms with Crippen molar-refractivity contribution in [3.8, 4) is 0 Å². The van der Waals surface area contributed by atoms with Crippen molar-refractivity contribution in [3.63, 3.8) is 0 Å². The summed E-state index contributed by atoms with van der Waals surface area (Å²) in [6.45, 7) is 13.2. The minimum absolute atomic E-state index is 0.290. The van der Waals surface area contributed by atoms with Crippen molar-refractivity contribution in [2.24, 2.45) is 0 Å². The predicted octanol–water partition coefficient (Wildman–Crippen LogP) is 6.32. The number of nitrogens with one attached hydrogen (secondary N) is 1. The molecule has 0 spiro atoms. The predicted molar refractivity (Wildman–Crippen MR) is 117 cm³/mol. The average Bonchev–Trinajstić information content (AvgIpc) is 3.07. The number of unbranched alkanes of at least 4 members (excludes halogenated alkanes) is 3. The minimum atomic E-state index is -2.34. The molecule has 0 saturated heterocycles. The van der Waals surface area contributed by atoms with Gasteiger partial charge in [-0.1, -0.05) is 0 Å². The molecular formula is C20H40N2O2SSn. The van der Waals surface area contributed by atoms with Crippen LogP contribution >= 0.6 is 11.3 Å². The van der Waals surface area contributed by atoms with E-state index in [0.29, 0.717) is 6.73 Å². The summed E-state index contributed by atoms with van der Waals surface area (Å²) in [5.74, 6) is 0. The fourth-order valence-corrected chi connectivity index (χ4v) is 22.7. The molecule has 1 rings (SSSR count). The van der Waals surface area contributed by atoms with E-state index < -0.39 is 18.4 Å². The Labute approximate surface area is 169 Å². The van der Waals surface area contributed by atoms with Crippen molar-refractivity contribution in [1.29, 1.82) is 0 Å². The molecule has 0 atom stereocenters. The zero-order valence-corrected chi connectivity index (χ0v) is 21.5. The number of hydrogen-bond donors (Lipinski definition) is 1. The van der Waals surface area contributed by atoms with Gasteiger partial charge in [0.2, 0.25) is 0 Å². The molecule has 1 N–H and O–H groups in total. The van der Waals surface area contributed by atoms with Crippen molar-refractivity contribution >= 4 is 37.7 Å². The maximum atomic E-state index is 5.31. The van der Waals surface area contributed by atoms with Gasteiger partial charge >= 0.3 is 170 Å². The van der Waals surface area contributed by atoms with Gasteiger partial charge in [0.15, 0.2) is 0 Å². The SMILES string of the molecule is CCC[CH2][Sn]([CH2]CCC)([CH2]CCC)[c]1cnc(NCOOC(C)(C)C)s1. The van der Waals surface area contributed by atoms with E-state index in [2.05, 4.69) is 37.3 Å². The first-order chi connectivity index (χ1) is 12.4. The van der Waals surface area contributed by atoms with Gasteiger partial charge in [0.25, 0.3) is 0 Å². The van der Waals surface area contributed by atoms with Crippen LogP contribution in [0, 0.1) is 0 Å². The second-order valence-corrected chi connectivity index (χ2v) is 23.4. The second-order valence-electron chi connectivity index (χ2n) is 8.26. The van der Waals surface area contributed by atoms with E-state index in [4.69, 9.17) is 9.78 Å². The Morgan fingerprint density at radius 2 is 1.54 bits per heavy atom. The second kappa shape index (κ2) is 12.6. The van der Waals surface area contributed by atoms with Crippen molar-refractivity contribution < 1.29 is 9.78 Å². The van der Waals surface area contributed by atoms with Gasteiger partial charge < -0.3 is 0 Å². The fraction of sp³-hybridized carbons (Fsp3) is 0.850. The first kappa shape index (κ1) is 24.2. The van der Waals surface area contributed by atoms with Crippen molar-refractivity contribution in [2.75, 3.05) is 12.0 Å². The molecule has 1 heterocycles. The molecule has 0 amide bonds. The number of anilines is 1. The first-order valence-corrected chi connectivity index (χ1v) is 18.7. The third kappa shape index (κ3) is 8.89. The van der Waals surface area contributed by atoms with Crippen LogP contribution in [-0.2, 0) is 9.78 Å². The van der Waals surface area contributed by atoms with Gasteiger partial charge in [-0.3, -0.25) is 0 Å². The van der Waals surface area contributed by atoms with Crippen LogP contribution in [0.25, 0.3) is 0 Å². The van der Waals surface area contributed by atoms with Gasteiger partial charge in [-0.15, -0.1) is 0 Å². The fourth-order valence-electron chi connectivity index (χ4n) is 3.19.